The van der Waals surface area contributed by atoms with E-state index >= 15 is 0 Å². The van der Waals surface area contributed by atoms with E-state index in [0.29, 0.717) is 11.3 Å². The molecule has 0 aliphatic rings. The number of nitrogens with zero attached hydrogens (tertiary/aromatic N) is 3. The number of hydrogen-bond donors (Lipinski definition) is 1. The largest absolute Gasteiger partial charge is 0.396 e. The summed E-state index contributed by atoms with van der Waals surface area (Å²) in [6, 6.07) is 12.0. The number of rotatable bonds is 2. The van der Waals surface area contributed by atoms with Crippen molar-refractivity contribution < 1.29 is 0 Å². The summed E-state index contributed by atoms with van der Waals surface area (Å²) in [6.07, 6.45) is 2.67. The lowest BCUT2D eigenvalue weighted by atomic mass is 10.1. The van der Waals surface area contributed by atoms with Crippen molar-refractivity contribution in [2.45, 2.75) is 6.42 Å². The van der Waals surface area contributed by atoms with Crippen LogP contribution >= 0.6 is 15.9 Å². The Bertz CT molecular complexity index is 691. The Labute approximate surface area is 113 Å². The molecule has 90 valence electrons. The lowest BCUT2D eigenvalue weighted by Crippen LogP contribution is -1.98. The van der Waals surface area contributed by atoms with Crippen LogP contribution in [-0.2, 0) is 6.42 Å². The van der Waals surface area contributed by atoms with Crippen molar-refractivity contribution in [3.63, 3.8) is 0 Å². The molecule has 4 nitrogen and oxygen atoms in total. The fourth-order valence-electron chi connectivity index (χ4n) is 1.93. The predicted octanol–water partition coefficient (Wildman–Crippen LogP) is 2.66. The first-order valence-corrected chi connectivity index (χ1v) is 6.36. The average Bonchev–Trinajstić information content (AvgIpc) is 2.74. The molecule has 0 aliphatic heterocycles. The first kappa shape index (κ1) is 11.2. The van der Waals surface area contributed by atoms with Gasteiger partial charge in [0.1, 0.15) is 5.82 Å². The molecule has 0 aliphatic carbocycles. The second-order valence-electron chi connectivity index (χ2n) is 4.09. The molecular weight excluding hydrogens is 292 g/mol. The molecular formula is C13H11BrN4. The topological polar surface area (TPSA) is 56.2 Å². The van der Waals surface area contributed by atoms with Gasteiger partial charge in [0.25, 0.3) is 0 Å². The van der Waals surface area contributed by atoms with E-state index < -0.39 is 0 Å². The van der Waals surface area contributed by atoms with Gasteiger partial charge in [0.05, 0.1) is 5.69 Å². The van der Waals surface area contributed by atoms with E-state index in [-0.39, 0.29) is 0 Å². The molecule has 0 unspecified atom stereocenters. The van der Waals surface area contributed by atoms with Crippen LogP contribution in [0.1, 0.15) is 11.4 Å². The van der Waals surface area contributed by atoms with Crippen LogP contribution in [0.2, 0.25) is 0 Å². The lowest BCUT2D eigenvalue weighted by molar-refractivity contribution is 0.933. The summed E-state index contributed by atoms with van der Waals surface area (Å²) in [5.41, 5.74) is 8.43. The van der Waals surface area contributed by atoms with Crippen molar-refractivity contribution in [1.82, 2.24) is 14.6 Å². The number of halogens is 1. The first-order valence-electron chi connectivity index (χ1n) is 5.56. The number of anilines is 1. The van der Waals surface area contributed by atoms with Crippen molar-refractivity contribution in [1.29, 1.82) is 0 Å². The van der Waals surface area contributed by atoms with E-state index in [1.807, 2.05) is 34.9 Å². The van der Waals surface area contributed by atoms with E-state index in [1.165, 1.54) is 5.56 Å². The Kier molecular flexibility index (Phi) is 2.76. The monoisotopic (exact) mass is 302 g/mol. The molecule has 18 heavy (non-hydrogen) atoms. The third kappa shape index (κ3) is 1.97. The van der Waals surface area contributed by atoms with Crippen LogP contribution in [0.3, 0.4) is 0 Å². The zero-order valence-corrected chi connectivity index (χ0v) is 11.1. The van der Waals surface area contributed by atoms with Gasteiger partial charge in [0, 0.05) is 17.1 Å². The van der Waals surface area contributed by atoms with Crippen molar-refractivity contribution in [2.24, 2.45) is 0 Å². The average molecular weight is 303 g/mol. The third-order valence-corrected chi connectivity index (χ3v) is 3.21. The van der Waals surface area contributed by atoms with Crippen LogP contribution in [0.15, 0.2) is 47.1 Å². The molecule has 0 bridgehead atoms. The molecule has 0 spiro atoms. The molecule has 2 heterocycles. The van der Waals surface area contributed by atoms with Gasteiger partial charge in [-0.25, -0.2) is 0 Å². The Balaban J connectivity index is 2.08. The van der Waals surface area contributed by atoms with Gasteiger partial charge in [-0.05, 0) is 27.6 Å². The molecule has 0 fully saturated rings. The first-order chi connectivity index (χ1) is 8.74. The van der Waals surface area contributed by atoms with E-state index in [2.05, 4.69) is 38.3 Å². The molecule has 0 saturated heterocycles. The Morgan fingerprint density at radius 2 is 1.94 bits per heavy atom. The van der Waals surface area contributed by atoms with Crippen LogP contribution in [0.4, 0.5) is 5.69 Å². The molecule has 2 aromatic heterocycles. The molecule has 0 radical (unpaired) electrons. The summed E-state index contributed by atoms with van der Waals surface area (Å²) in [5, 5.41) is 8.33. The third-order valence-electron chi connectivity index (χ3n) is 2.78. The summed E-state index contributed by atoms with van der Waals surface area (Å²) in [7, 11) is 0. The summed E-state index contributed by atoms with van der Waals surface area (Å²) in [4.78, 5) is 0. The summed E-state index contributed by atoms with van der Waals surface area (Å²) in [6.45, 7) is 0. The molecule has 0 saturated carbocycles. The van der Waals surface area contributed by atoms with Gasteiger partial charge < -0.3 is 5.73 Å². The van der Waals surface area contributed by atoms with E-state index in [9.17, 15) is 0 Å². The highest BCUT2D eigenvalue weighted by Gasteiger charge is 2.09. The van der Waals surface area contributed by atoms with Crippen molar-refractivity contribution in [3.8, 4) is 0 Å². The maximum absolute atomic E-state index is 5.91. The Morgan fingerprint density at radius 3 is 2.72 bits per heavy atom. The Morgan fingerprint density at radius 1 is 1.17 bits per heavy atom. The van der Waals surface area contributed by atoms with Crippen LogP contribution < -0.4 is 5.73 Å². The maximum Gasteiger partial charge on any atom is 0.184 e. The van der Waals surface area contributed by atoms with E-state index in [0.717, 1.165) is 16.7 Å². The number of benzene rings is 1. The number of aromatic nitrogens is 3. The second kappa shape index (κ2) is 4.42. The van der Waals surface area contributed by atoms with Crippen LogP contribution in [0.25, 0.3) is 5.65 Å². The standard InChI is InChI=1S/C13H11BrN4/c14-10-7-11(15)13-17-16-12(18(13)8-10)6-9-4-2-1-3-5-9/h1-5,7-8H,6,15H2. The van der Waals surface area contributed by atoms with E-state index in [4.69, 9.17) is 5.73 Å². The highest BCUT2D eigenvalue weighted by molar-refractivity contribution is 9.10. The fourth-order valence-corrected chi connectivity index (χ4v) is 2.38. The maximum atomic E-state index is 5.91. The minimum absolute atomic E-state index is 0.621. The van der Waals surface area contributed by atoms with Crippen molar-refractivity contribution >= 4 is 27.3 Å². The van der Waals surface area contributed by atoms with Crippen molar-refractivity contribution in [2.75, 3.05) is 5.73 Å². The summed E-state index contributed by atoms with van der Waals surface area (Å²) >= 11 is 3.43. The SMILES string of the molecule is Nc1cc(Br)cn2c(Cc3ccccc3)nnc12. The predicted molar refractivity (Wildman–Crippen MR) is 74.3 cm³/mol. The number of pyridine rings is 1. The number of nitrogens with two attached hydrogens (primary N) is 1. The minimum Gasteiger partial charge on any atom is -0.396 e. The van der Waals surface area contributed by atoms with E-state index in [1.54, 1.807) is 0 Å². The van der Waals surface area contributed by atoms with Gasteiger partial charge in [-0.15, -0.1) is 10.2 Å². The van der Waals surface area contributed by atoms with Gasteiger partial charge in [-0.3, -0.25) is 4.40 Å². The normalized spacial score (nSPS) is 10.9. The number of nitrogen functional groups attached to an aromatic ring is 1. The van der Waals surface area contributed by atoms with Crippen LogP contribution in [0.5, 0.6) is 0 Å². The molecule has 0 amide bonds. The zero-order valence-electron chi connectivity index (χ0n) is 9.55. The zero-order chi connectivity index (χ0) is 12.5. The Hall–Kier alpha value is -1.88. The highest BCUT2D eigenvalue weighted by Crippen LogP contribution is 2.20. The number of hydrogen-bond acceptors (Lipinski definition) is 3. The quantitative estimate of drug-likeness (QED) is 0.792. The molecule has 2 N–H and O–H groups in total. The van der Waals surface area contributed by atoms with Crippen molar-refractivity contribution in [3.05, 3.63) is 58.5 Å². The highest BCUT2D eigenvalue weighted by atomic mass is 79.9. The number of fused-ring (bicyclic) bond motifs is 1. The van der Waals surface area contributed by atoms with Gasteiger partial charge in [0.15, 0.2) is 5.65 Å². The fraction of sp³-hybridized carbons (Fsp3) is 0.0769. The molecule has 1 aromatic carbocycles. The molecule has 0 atom stereocenters. The smallest absolute Gasteiger partial charge is 0.184 e. The molecule has 5 heteroatoms. The minimum atomic E-state index is 0.621. The van der Waals surface area contributed by atoms with Gasteiger partial charge in [-0.1, -0.05) is 30.3 Å². The van der Waals surface area contributed by atoms with Crippen LogP contribution in [0, 0.1) is 0 Å². The summed E-state index contributed by atoms with van der Waals surface area (Å²) < 4.78 is 2.84. The van der Waals surface area contributed by atoms with Gasteiger partial charge >= 0.3 is 0 Å². The van der Waals surface area contributed by atoms with Gasteiger partial charge in [-0.2, -0.15) is 0 Å². The van der Waals surface area contributed by atoms with Gasteiger partial charge in [0.2, 0.25) is 0 Å². The van der Waals surface area contributed by atoms with Crippen LogP contribution in [-0.4, -0.2) is 14.6 Å². The molecule has 3 rings (SSSR count). The second-order valence-corrected chi connectivity index (χ2v) is 5.00. The molecule has 3 aromatic rings. The summed E-state index contributed by atoms with van der Waals surface area (Å²) in [5.74, 6) is 0.879. The lowest BCUT2D eigenvalue weighted by Gasteiger charge is -2.02.